The van der Waals surface area contributed by atoms with Gasteiger partial charge in [-0.05, 0) is 32.3 Å². The Morgan fingerprint density at radius 3 is 2.70 bits per heavy atom. The number of hydrogen-bond acceptors (Lipinski definition) is 4. The standard InChI is InChI=1S/C12H20N4O3S/c1-8(2)16-7-9(6-13-16)14-12(19)15-10(11(17)18)4-5-20-3/h6-8,10H,4-5H2,1-3H3,(H,17,18)(H2,14,15,19)/t10-/m0/s1. The summed E-state index contributed by atoms with van der Waals surface area (Å²) >= 11 is 1.54. The van der Waals surface area contributed by atoms with Gasteiger partial charge in [-0.15, -0.1) is 0 Å². The summed E-state index contributed by atoms with van der Waals surface area (Å²) in [5.41, 5.74) is 0.533. The highest BCUT2D eigenvalue weighted by Gasteiger charge is 2.19. The number of nitrogens with one attached hydrogen (secondary N) is 2. The predicted octanol–water partition coefficient (Wildman–Crippen LogP) is 1.79. The molecule has 8 heteroatoms. The van der Waals surface area contributed by atoms with Gasteiger partial charge < -0.3 is 15.7 Å². The summed E-state index contributed by atoms with van der Waals surface area (Å²) in [4.78, 5) is 22.8. The Bertz CT molecular complexity index is 461. The SMILES string of the molecule is CSCC[C@H](NC(=O)Nc1cnn(C(C)C)c1)C(=O)O. The minimum atomic E-state index is -1.04. The van der Waals surface area contributed by atoms with Crippen LogP contribution >= 0.6 is 11.8 Å². The number of hydrogen-bond donors (Lipinski definition) is 3. The second-order valence-corrected chi connectivity index (χ2v) is 5.56. The molecule has 1 aromatic rings. The number of carboxylic acid groups (broad SMARTS) is 1. The van der Waals surface area contributed by atoms with Gasteiger partial charge in [-0.25, -0.2) is 9.59 Å². The summed E-state index contributed by atoms with van der Waals surface area (Å²) in [6.45, 7) is 3.94. The lowest BCUT2D eigenvalue weighted by Crippen LogP contribution is -2.43. The minimum absolute atomic E-state index is 0.196. The maximum absolute atomic E-state index is 11.7. The van der Waals surface area contributed by atoms with Crippen LogP contribution in [0.4, 0.5) is 10.5 Å². The number of carbonyl (C=O) groups is 2. The molecule has 0 fully saturated rings. The van der Waals surface area contributed by atoms with Gasteiger partial charge >= 0.3 is 12.0 Å². The molecule has 3 N–H and O–H groups in total. The number of thioether (sulfide) groups is 1. The molecule has 0 aromatic carbocycles. The Balaban J connectivity index is 2.54. The van der Waals surface area contributed by atoms with Gasteiger partial charge in [-0.1, -0.05) is 0 Å². The van der Waals surface area contributed by atoms with E-state index in [9.17, 15) is 9.59 Å². The molecular formula is C12H20N4O3S. The second kappa shape index (κ2) is 7.78. The van der Waals surface area contributed by atoms with Crippen molar-refractivity contribution in [2.45, 2.75) is 32.4 Å². The number of aliphatic carboxylic acids is 1. The molecule has 7 nitrogen and oxygen atoms in total. The van der Waals surface area contributed by atoms with Crippen LogP contribution in [-0.2, 0) is 4.79 Å². The Morgan fingerprint density at radius 2 is 2.20 bits per heavy atom. The predicted molar refractivity (Wildman–Crippen MR) is 79.2 cm³/mol. The summed E-state index contributed by atoms with van der Waals surface area (Å²) in [6.07, 6.45) is 5.49. The first-order chi connectivity index (χ1) is 9.43. The van der Waals surface area contributed by atoms with E-state index in [4.69, 9.17) is 5.11 Å². The van der Waals surface area contributed by atoms with Gasteiger partial charge in [0.05, 0.1) is 11.9 Å². The highest BCUT2D eigenvalue weighted by molar-refractivity contribution is 7.98. The van der Waals surface area contributed by atoms with Crippen LogP contribution in [-0.4, -0.2) is 44.9 Å². The molecule has 0 bridgehead atoms. The molecule has 0 radical (unpaired) electrons. The van der Waals surface area contributed by atoms with Crippen molar-refractivity contribution in [3.05, 3.63) is 12.4 Å². The number of carboxylic acids is 1. The van der Waals surface area contributed by atoms with E-state index in [0.29, 0.717) is 17.9 Å². The molecule has 0 spiro atoms. The van der Waals surface area contributed by atoms with Crippen LogP contribution < -0.4 is 10.6 Å². The number of urea groups is 1. The zero-order chi connectivity index (χ0) is 15.1. The smallest absolute Gasteiger partial charge is 0.326 e. The number of carbonyl (C=O) groups excluding carboxylic acids is 1. The van der Waals surface area contributed by atoms with Crippen molar-refractivity contribution in [2.24, 2.45) is 0 Å². The van der Waals surface area contributed by atoms with Crippen molar-refractivity contribution in [2.75, 3.05) is 17.3 Å². The van der Waals surface area contributed by atoms with E-state index in [1.165, 1.54) is 18.0 Å². The van der Waals surface area contributed by atoms with E-state index in [2.05, 4.69) is 15.7 Å². The number of anilines is 1. The Labute approximate surface area is 122 Å². The lowest BCUT2D eigenvalue weighted by molar-refractivity contribution is -0.139. The van der Waals surface area contributed by atoms with E-state index in [1.807, 2.05) is 20.1 Å². The second-order valence-electron chi connectivity index (χ2n) is 4.57. The van der Waals surface area contributed by atoms with Crippen molar-refractivity contribution >= 4 is 29.4 Å². The lowest BCUT2D eigenvalue weighted by Gasteiger charge is -2.14. The topological polar surface area (TPSA) is 96.3 Å². The lowest BCUT2D eigenvalue weighted by atomic mass is 10.2. The fraction of sp³-hybridized carbons (Fsp3) is 0.583. The van der Waals surface area contributed by atoms with Crippen LogP contribution in [0, 0.1) is 0 Å². The first kappa shape index (κ1) is 16.4. The molecule has 2 amide bonds. The van der Waals surface area contributed by atoms with Crippen molar-refractivity contribution in [1.29, 1.82) is 0 Å². The molecule has 0 aliphatic rings. The van der Waals surface area contributed by atoms with E-state index in [-0.39, 0.29) is 6.04 Å². The fourth-order valence-electron chi connectivity index (χ4n) is 1.50. The normalized spacial score (nSPS) is 12.2. The van der Waals surface area contributed by atoms with Crippen molar-refractivity contribution < 1.29 is 14.7 Å². The summed E-state index contributed by atoms with van der Waals surface area (Å²) in [6, 6.07) is -1.23. The maximum atomic E-state index is 11.7. The Hall–Kier alpha value is -1.70. The Morgan fingerprint density at radius 1 is 1.50 bits per heavy atom. The van der Waals surface area contributed by atoms with Crippen molar-refractivity contribution in [3.63, 3.8) is 0 Å². The van der Waals surface area contributed by atoms with Crippen LogP contribution in [0.1, 0.15) is 26.3 Å². The summed E-state index contributed by atoms with van der Waals surface area (Å²) in [5.74, 6) is -0.366. The molecule has 1 aromatic heterocycles. The van der Waals surface area contributed by atoms with E-state index in [1.54, 1.807) is 10.9 Å². The quantitative estimate of drug-likeness (QED) is 0.713. The molecule has 1 rings (SSSR count). The fourth-order valence-corrected chi connectivity index (χ4v) is 1.97. The van der Waals surface area contributed by atoms with Gasteiger partial charge in [-0.2, -0.15) is 16.9 Å². The van der Waals surface area contributed by atoms with Crippen LogP contribution in [0.5, 0.6) is 0 Å². The average Bonchev–Trinajstić information content (AvgIpc) is 2.82. The van der Waals surface area contributed by atoms with Crippen molar-refractivity contribution in [3.8, 4) is 0 Å². The van der Waals surface area contributed by atoms with E-state index >= 15 is 0 Å². The van der Waals surface area contributed by atoms with Gasteiger partial charge in [0.2, 0.25) is 0 Å². The molecule has 0 aliphatic carbocycles. The first-order valence-electron chi connectivity index (χ1n) is 6.27. The van der Waals surface area contributed by atoms with Gasteiger partial charge in [0.1, 0.15) is 6.04 Å². The summed E-state index contributed by atoms with van der Waals surface area (Å²) < 4.78 is 1.71. The largest absolute Gasteiger partial charge is 0.480 e. The van der Waals surface area contributed by atoms with Gasteiger partial charge in [0.15, 0.2) is 0 Å². The highest BCUT2D eigenvalue weighted by Crippen LogP contribution is 2.10. The van der Waals surface area contributed by atoms with Gasteiger partial charge in [-0.3, -0.25) is 4.68 Å². The summed E-state index contributed by atoms with van der Waals surface area (Å²) in [7, 11) is 0. The number of amides is 2. The van der Waals surface area contributed by atoms with Crippen LogP contribution in [0.2, 0.25) is 0 Å². The number of nitrogens with zero attached hydrogens (tertiary/aromatic N) is 2. The summed E-state index contributed by atoms with van der Waals surface area (Å²) in [5, 5.41) is 18.1. The number of aromatic nitrogens is 2. The monoisotopic (exact) mass is 300 g/mol. The van der Waals surface area contributed by atoms with Gasteiger partial charge in [0, 0.05) is 12.2 Å². The van der Waals surface area contributed by atoms with E-state index in [0.717, 1.165) is 0 Å². The molecule has 112 valence electrons. The molecule has 20 heavy (non-hydrogen) atoms. The third-order valence-electron chi connectivity index (χ3n) is 2.60. The third kappa shape index (κ3) is 5.12. The minimum Gasteiger partial charge on any atom is -0.480 e. The molecule has 0 saturated heterocycles. The highest BCUT2D eigenvalue weighted by atomic mass is 32.2. The average molecular weight is 300 g/mol. The van der Waals surface area contributed by atoms with Crippen LogP contribution in [0.15, 0.2) is 12.4 Å². The Kier molecular flexibility index (Phi) is 6.37. The van der Waals surface area contributed by atoms with Gasteiger partial charge in [0.25, 0.3) is 0 Å². The maximum Gasteiger partial charge on any atom is 0.326 e. The van der Waals surface area contributed by atoms with Crippen molar-refractivity contribution in [1.82, 2.24) is 15.1 Å². The van der Waals surface area contributed by atoms with Crippen LogP contribution in [0.3, 0.4) is 0 Å². The zero-order valence-electron chi connectivity index (χ0n) is 11.8. The molecule has 0 saturated carbocycles. The van der Waals surface area contributed by atoms with Crippen LogP contribution in [0.25, 0.3) is 0 Å². The first-order valence-corrected chi connectivity index (χ1v) is 7.66. The molecular weight excluding hydrogens is 280 g/mol. The molecule has 0 unspecified atom stereocenters. The molecule has 1 atom stereocenters. The number of rotatable bonds is 7. The molecule has 0 aliphatic heterocycles. The molecule has 1 heterocycles. The van der Waals surface area contributed by atoms with E-state index < -0.39 is 18.0 Å². The zero-order valence-corrected chi connectivity index (χ0v) is 12.6. The third-order valence-corrected chi connectivity index (χ3v) is 3.25.